The van der Waals surface area contributed by atoms with Crippen LogP contribution < -0.4 is 0 Å². The number of ether oxygens (including phenoxy) is 1. The van der Waals surface area contributed by atoms with Gasteiger partial charge in [-0.2, -0.15) is 0 Å². The molecule has 2 rings (SSSR count). The van der Waals surface area contributed by atoms with Gasteiger partial charge in [0.2, 0.25) is 0 Å². The first kappa shape index (κ1) is 13.9. The molecule has 0 atom stereocenters. The highest BCUT2D eigenvalue weighted by molar-refractivity contribution is 5.13. The van der Waals surface area contributed by atoms with Crippen LogP contribution >= 0.6 is 0 Å². The first-order valence-electron chi connectivity index (χ1n) is 7.01. The Morgan fingerprint density at radius 2 is 1.79 bits per heavy atom. The second-order valence-electron chi connectivity index (χ2n) is 5.30. The number of nitrogens with zero attached hydrogens (tertiary/aromatic N) is 3. The fraction of sp³-hybridized carbons (Fsp3) is 0.600. The lowest BCUT2D eigenvalue weighted by Crippen LogP contribution is -2.20. The smallest absolute Gasteiger partial charge is 0.0717 e. The van der Waals surface area contributed by atoms with E-state index in [9.17, 15) is 0 Å². The first-order chi connectivity index (χ1) is 9.38. The zero-order valence-electron chi connectivity index (χ0n) is 11.2. The minimum Gasteiger partial charge on any atom is -0.376 e. The molecule has 0 spiro atoms. The van der Waals surface area contributed by atoms with Crippen molar-refractivity contribution in [3.63, 3.8) is 0 Å². The normalized spacial score (nSPS) is 22.7. The van der Waals surface area contributed by atoms with Crippen molar-refractivity contribution in [2.75, 3.05) is 13.2 Å². The summed E-state index contributed by atoms with van der Waals surface area (Å²) in [6, 6.07) is 10.3. The Labute approximate surface area is 114 Å². The maximum atomic E-state index is 8.31. The van der Waals surface area contributed by atoms with Gasteiger partial charge in [-0.3, -0.25) is 0 Å². The lowest BCUT2D eigenvalue weighted by Gasteiger charge is -2.27. The van der Waals surface area contributed by atoms with Crippen LogP contribution in [0, 0.1) is 11.8 Å². The molecular formula is C15H21N3O. The van der Waals surface area contributed by atoms with Gasteiger partial charge < -0.3 is 4.74 Å². The molecule has 0 amide bonds. The Hall–Kier alpha value is -1.51. The molecule has 1 fully saturated rings. The van der Waals surface area contributed by atoms with Gasteiger partial charge in [0.1, 0.15) is 0 Å². The number of rotatable bonds is 6. The molecule has 1 aliphatic rings. The quantitative estimate of drug-likeness (QED) is 0.426. The SMILES string of the molecule is [N-]=[N+]=NCC1CCC(COCc2ccccc2)CC1. The lowest BCUT2D eigenvalue weighted by molar-refractivity contribution is 0.0677. The predicted molar refractivity (Wildman–Crippen MR) is 75.6 cm³/mol. The third-order valence-corrected chi connectivity index (χ3v) is 3.83. The van der Waals surface area contributed by atoms with E-state index in [4.69, 9.17) is 10.3 Å². The van der Waals surface area contributed by atoms with Crippen molar-refractivity contribution in [2.45, 2.75) is 32.3 Å². The molecular weight excluding hydrogens is 238 g/mol. The van der Waals surface area contributed by atoms with Gasteiger partial charge in [0.25, 0.3) is 0 Å². The maximum Gasteiger partial charge on any atom is 0.0717 e. The molecule has 1 aromatic rings. The molecule has 4 nitrogen and oxygen atoms in total. The van der Waals surface area contributed by atoms with Crippen LogP contribution in [0.4, 0.5) is 0 Å². The van der Waals surface area contributed by atoms with Crippen LogP contribution in [-0.4, -0.2) is 13.2 Å². The second kappa shape index (κ2) is 7.82. The van der Waals surface area contributed by atoms with E-state index in [-0.39, 0.29) is 0 Å². The highest BCUT2D eigenvalue weighted by Crippen LogP contribution is 2.29. The Morgan fingerprint density at radius 1 is 1.11 bits per heavy atom. The summed E-state index contributed by atoms with van der Waals surface area (Å²) >= 11 is 0. The van der Waals surface area contributed by atoms with Crippen molar-refractivity contribution in [2.24, 2.45) is 17.0 Å². The number of hydrogen-bond donors (Lipinski definition) is 0. The van der Waals surface area contributed by atoms with Crippen LogP contribution in [-0.2, 0) is 11.3 Å². The van der Waals surface area contributed by atoms with Gasteiger partial charge >= 0.3 is 0 Å². The number of hydrogen-bond acceptors (Lipinski definition) is 2. The monoisotopic (exact) mass is 259 g/mol. The van der Waals surface area contributed by atoms with E-state index in [1.807, 2.05) is 18.2 Å². The third kappa shape index (κ3) is 4.93. The standard InChI is InChI=1S/C15H21N3O/c16-18-17-10-13-6-8-15(9-7-13)12-19-11-14-4-2-1-3-5-14/h1-5,13,15H,6-12H2. The number of azide groups is 1. The van der Waals surface area contributed by atoms with Gasteiger partial charge in [0.15, 0.2) is 0 Å². The van der Waals surface area contributed by atoms with E-state index in [0.29, 0.717) is 25.0 Å². The summed E-state index contributed by atoms with van der Waals surface area (Å²) in [6.45, 7) is 2.22. The molecule has 102 valence electrons. The molecule has 4 heteroatoms. The minimum atomic E-state index is 0.585. The molecule has 19 heavy (non-hydrogen) atoms. The van der Waals surface area contributed by atoms with Crippen molar-refractivity contribution in [1.29, 1.82) is 0 Å². The van der Waals surface area contributed by atoms with Crippen LogP contribution in [0.1, 0.15) is 31.2 Å². The van der Waals surface area contributed by atoms with E-state index < -0.39 is 0 Å². The van der Waals surface area contributed by atoms with E-state index in [1.54, 1.807) is 0 Å². The van der Waals surface area contributed by atoms with Crippen molar-refractivity contribution >= 4 is 0 Å². The molecule has 0 heterocycles. The van der Waals surface area contributed by atoms with Crippen LogP contribution in [0.5, 0.6) is 0 Å². The van der Waals surface area contributed by atoms with Crippen LogP contribution in [0.3, 0.4) is 0 Å². The van der Waals surface area contributed by atoms with E-state index in [1.165, 1.54) is 31.2 Å². The third-order valence-electron chi connectivity index (χ3n) is 3.83. The van der Waals surface area contributed by atoms with E-state index in [2.05, 4.69) is 22.2 Å². The summed E-state index contributed by atoms with van der Waals surface area (Å²) in [5, 5.41) is 3.67. The Morgan fingerprint density at radius 3 is 2.47 bits per heavy atom. The largest absolute Gasteiger partial charge is 0.376 e. The van der Waals surface area contributed by atoms with Crippen molar-refractivity contribution in [1.82, 2.24) is 0 Å². The molecule has 1 saturated carbocycles. The van der Waals surface area contributed by atoms with E-state index >= 15 is 0 Å². The lowest BCUT2D eigenvalue weighted by atomic mass is 9.82. The van der Waals surface area contributed by atoms with Gasteiger partial charge in [-0.05, 0) is 48.6 Å². The summed E-state index contributed by atoms with van der Waals surface area (Å²) in [5.74, 6) is 1.26. The van der Waals surface area contributed by atoms with Gasteiger partial charge in [-0.1, -0.05) is 35.4 Å². The van der Waals surface area contributed by atoms with Gasteiger partial charge in [0, 0.05) is 18.1 Å². The van der Waals surface area contributed by atoms with Gasteiger partial charge in [-0.15, -0.1) is 0 Å². The molecule has 0 N–H and O–H groups in total. The molecule has 0 unspecified atom stereocenters. The molecule has 1 aromatic carbocycles. The summed E-state index contributed by atoms with van der Waals surface area (Å²) in [4.78, 5) is 2.83. The molecule has 1 aliphatic carbocycles. The van der Waals surface area contributed by atoms with Gasteiger partial charge in [-0.25, -0.2) is 0 Å². The zero-order valence-corrected chi connectivity index (χ0v) is 11.2. The highest BCUT2D eigenvalue weighted by atomic mass is 16.5. The average Bonchev–Trinajstić information content (AvgIpc) is 2.47. The summed E-state index contributed by atoms with van der Waals surface area (Å²) < 4.78 is 5.79. The highest BCUT2D eigenvalue weighted by Gasteiger charge is 2.20. The van der Waals surface area contributed by atoms with Crippen molar-refractivity contribution in [3.05, 3.63) is 46.3 Å². The Balaban J connectivity index is 1.62. The fourth-order valence-electron chi connectivity index (χ4n) is 2.65. The van der Waals surface area contributed by atoms with Gasteiger partial charge in [0.05, 0.1) is 6.61 Å². The van der Waals surface area contributed by atoms with Crippen molar-refractivity contribution in [3.8, 4) is 0 Å². The van der Waals surface area contributed by atoms with Crippen LogP contribution in [0.15, 0.2) is 35.4 Å². The summed E-state index contributed by atoms with van der Waals surface area (Å²) in [5.41, 5.74) is 9.55. The van der Waals surface area contributed by atoms with E-state index in [0.717, 1.165) is 6.61 Å². The Kier molecular flexibility index (Phi) is 5.73. The molecule has 0 aliphatic heterocycles. The molecule has 0 radical (unpaired) electrons. The van der Waals surface area contributed by atoms with Crippen molar-refractivity contribution < 1.29 is 4.74 Å². The fourth-order valence-corrected chi connectivity index (χ4v) is 2.65. The first-order valence-corrected chi connectivity index (χ1v) is 7.01. The summed E-state index contributed by atoms with van der Waals surface area (Å²) in [6.07, 6.45) is 4.72. The minimum absolute atomic E-state index is 0.585. The number of benzene rings is 1. The molecule has 0 saturated heterocycles. The van der Waals surface area contributed by atoms with Crippen LogP contribution in [0.2, 0.25) is 0 Å². The topological polar surface area (TPSA) is 58.0 Å². The Bertz CT molecular complexity index is 407. The maximum absolute atomic E-state index is 8.31. The molecule has 0 aromatic heterocycles. The molecule has 0 bridgehead atoms. The van der Waals surface area contributed by atoms with Crippen LogP contribution in [0.25, 0.3) is 10.4 Å². The second-order valence-corrected chi connectivity index (χ2v) is 5.30. The summed E-state index contributed by atoms with van der Waals surface area (Å²) in [7, 11) is 0. The predicted octanol–water partition coefficient (Wildman–Crippen LogP) is 4.32. The zero-order chi connectivity index (χ0) is 13.3. The average molecular weight is 259 g/mol.